The topological polar surface area (TPSA) is 50.2 Å². The molecule has 1 fully saturated rings. The number of hydrogen-bond acceptors (Lipinski definition) is 3. The van der Waals surface area contributed by atoms with Crippen LogP contribution in [0.1, 0.15) is 24.1 Å². The van der Waals surface area contributed by atoms with Gasteiger partial charge in [0.05, 0.1) is 11.7 Å². The molecule has 1 aliphatic rings. The number of likely N-dealkylation sites (tertiary alicyclic amines) is 1. The van der Waals surface area contributed by atoms with Crippen molar-refractivity contribution in [1.29, 1.82) is 0 Å². The SMILES string of the molecule is CNC(=O)C1CCCN1Cc1c(C)nn(C)c1Cl. The zero-order valence-corrected chi connectivity index (χ0v) is 11.8. The number of nitrogens with one attached hydrogen (secondary N) is 1. The number of halogens is 1. The molecule has 1 aromatic rings. The van der Waals surface area contributed by atoms with Gasteiger partial charge in [-0.05, 0) is 26.3 Å². The van der Waals surface area contributed by atoms with E-state index in [0.717, 1.165) is 30.6 Å². The van der Waals surface area contributed by atoms with Gasteiger partial charge in [0, 0.05) is 26.2 Å². The van der Waals surface area contributed by atoms with Gasteiger partial charge >= 0.3 is 0 Å². The fraction of sp³-hybridized carbons (Fsp3) is 0.667. The molecule has 0 aromatic carbocycles. The van der Waals surface area contributed by atoms with Crippen molar-refractivity contribution in [1.82, 2.24) is 20.0 Å². The van der Waals surface area contributed by atoms with Crippen molar-refractivity contribution in [3.8, 4) is 0 Å². The molecule has 0 bridgehead atoms. The molecule has 1 aromatic heterocycles. The smallest absolute Gasteiger partial charge is 0.237 e. The molecule has 0 spiro atoms. The summed E-state index contributed by atoms with van der Waals surface area (Å²) in [6.45, 7) is 3.57. The average molecular weight is 271 g/mol. The standard InChI is InChI=1S/C12H19ClN4O/c1-8-9(11(13)16(3)15-8)7-17-6-4-5-10(17)12(18)14-2/h10H,4-7H2,1-3H3,(H,14,18). The van der Waals surface area contributed by atoms with Gasteiger partial charge in [0.25, 0.3) is 0 Å². The van der Waals surface area contributed by atoms with Crippen molar-refractivity contribution in [2.45, 2.75) is 32.4 Å². The summed E-state index contributed by atoms with van der Waals surface area (Å²) >= 11 is 6.23. The molecule has 1 N–H and O–H groups in total. The van der Waals surface area contributed by atoms with Gasteiger partial charge in [-0.25, -0.2) is 0 Å². The van der Waals surface area contributed by atoms with Crippen LogP contribution in [0.2, 0.25) is 5.15 Å². The van der Waals surface area contributed by atoms with Gasteiger partial charge in [-0.1, -0.05) is 11.6 Å². The first kappa shape index (κ1) is 13.4. The lowest BCUT2D eigenvalue weighted by Crippen LogP contribution is -2.41. The lowest BCUT2D eigenvalue weighted by atomic mass is 10.2. The van der Waals surface area contributed by atoms with E-state index in [2.05, 4.69) is 15.3 Å². The Morgan fingerprint density at radius 1 is 1.61 bits per heavy atom. The molecule has 1 saturated heterocycles. The largest absolute Gasteiger partial charge is 0.358 e. The summed E-state index contributed by atoms with van der Waals surface area (Å²) in [6, 6.07) is -0.0364. The highest BCUT2D eigenvalue weighted by atomic mass is 35.5. The summed E-state index contributed by atoms with van der Waals surface area (Å²) in [5, 5.41) is 7.68. The normalized spacial score (nSPS) is 20.3. The first-order valence-corrected chi connectivity index (χ1v) is 6.56. The second kappa shape index (κ2) is 5.28. The van der Waals surface area contributed by atoms with E-state index in [9.17, 15) is 4.79 Å². The summed E-state index contributed by atoms with van der Waals surface area (Å²) in [5.41, 5.74) is 1.96. The lowest BCUT2D eigenvalue weighted by Gasteiger charge is -2.22. The van der Waals surface area contributed by atoms with Gasteiger partial charge in [0.15, 0.2) is 0 Å². The fourth-order valence-electron chi connectivity index (χ4n) is 2.54. The molecule has 1 aliphatic heterocycles. The van der Waals surface area contributed by atoms with Crippen molar-refractivity contribution in [2.75, 3.05) is 13.6 Å². The highest BCUT2D eigenvalue weighted by Gasteiger charge is 2.31. The van der Waals surface area contributed by atoms with E-state index >= 15 is 0 Å². The Morgan fingerprint density at radius 2 is 2.33 bits per heavy atom. The van der Waals surface area contributed by atoms with Crippen LogP contribution in [0, 0.1) is 6.92 Å². The van der Waals surface area contributed by atoms with Gasteiger partial charge in [-0.2, -0.15) is 5.10 Å². The second-order valence-electron chi connectivity index (χ2n) is 4.72. The maximum atomic E-state index is 11.8. The van der Waals surface area contributed by atoms with Crippen molar-refractivity contribution in [3.63, 3.8) is 0 Å². The van der Waals surface area contributed by atoms with Crippen LogP contribution in [0.3, 0.4) is 0 Å². The third-order valence-electron chi connectivity index (χ3n) is 3.54. The van der Waals surface area contributed by atoms with Crippen LogP contribution in [0.15, 0.2) is 0 Å². The van der Waals surface area contributed by atoms with Crippen molar-refractivity contribution in [2.24, 2.45) is 7.05 Å². The highest BCUT2D eigenvalue weighted by molar-refractivity contribution is 6.30. The molecule has 2 heterocycles. The van der Waals surface area contributed by atoms with Gasteiger partial charge in [0.2, 0.25) is 5.91 Å². The lowest BCUT2D eigenvalue weighted by molar-refractivity contribution is -0.125. The molecule has 5 nitrogen and oxygen atoms in total. The molecular weight excluding hydrogens is 252 g/mol. The third-order valence-corrected chi connectivity index (χ3v) is 4.02. The number of aromatic nitrogens is 2. The Bertz CT molecular complexity index is 457. The summed E-state index contributed by atoms with van der Waals surface area (Å²) in [7, 11) is 3.51. The molecule has 0 radical (unpaired) electrons. The zero-order chi connectivity index (χ0) is 13.3. The monoisotopic (exact) mass is 270 g/mol. The van der Waals surface area contributed by atoms with Crippen LogP contribution in [-0.2, 0) is 18.4 Å². The zero-order valence-electron chi connectivity index (χ0n) is 11.0. The van der Waals surface area contributed by atoms with Crippen LogP contribution in [-0.4, -0.2) is 40.2 Å². The number of hydrogen-bond donors (Lipinski definition) is 1. The van der Waals surface area contributed by atoms with Crippen LogP contribution in [0.4, 0.5) is 0 Å². The molecule has 0 aliphatic carbocycles. The van der Waals surface area contributed by atoms with Crippen molar-refractivity contribution < 1.29 is 4.79 Å². The van der Waals surface area contributed by atoms with Crippen LogP contribution in [0.25, 0.3) is 0 Å². The molecule has 6 heteroatoms. The van der Waals surface area contributed by atoms with Crippen LogP contribution in [0.5, 0.6) is 0 Å². The highest BCUT2D eigenvalue weighted by Crippen LogP contribution is 2.25. The fourth-order valence-corrected chi connectivity index (χ4v) is 2.77. The van der Waals surface area contributed by atoms with Crippen molar-refractivity contribution >= 4 is 17.5 Å². The van der Waals surface area contributed by atoms with Crippen LogP contribution < -0.4 is 5.32 Å². The predicted molar refractivity (Wildman–Crippen MR) is 70.5 cm³/mol. The molecule has 1 amide bonds. The molecule has 0 saturated carbocycles. The number of amides is 1. The first-order chi connectivity index (χ1) is 8.54. The Hall–Kier alpha value is -1.07. The van der Waals surface area contributed by atoms with E-state index in [1.54, 1.807) is 11.7 Å². The summed E-state index contributed by atoms with van der Waals surface area (Å²) in [6.07, 6.45) is 1.96. The molecule has 2 rings (SSSR count). The van der Waals surface area contributed by atoms with E-state index in [4.69, 9.17) is 11.6 Å². The minimum absolute atomic E-state index is 0.0364. The summed E-state index contributed by atoms with van der Waals surface area (Å²) < 4.78 is 1.68. The van der Waals surface area contributed by atoms with Gasteiger partial charge in [0.1, 0.15) is 5.15 Å². The van der Waals surface area contributed by atoms with E-state index in [0.29, 0.717) is 11.7 Å². The minimum Gasteiger partial charge on any atom is -0.358 e. The summed E-state index contributed by atoms with van der Waals surface area (Å²) in [5.74, 6) is 0.0881. The quantitative estimate of drug-likeness (QED) is 0.895. The molecule has 1 atom stereocenters. The number of likely N-dealkylation sites (N-methyl/N-ethyl adjacent to an activating group) is 1. The Labute approximate surface area is 112 Å². The average Bonchev–Trinajstić information content (AvgIpc) is 2.89. The number of carbonyl (C=O) groups is 1. The Balaban J connectivity index is 2.15. The molecule has 18 heavy (non-hydrogen) atoms. The van der Waals surface area contributed by atoms with Crippen LogP contribution >= 0.6 is 11.6 Å². The molecule has 100 valence electrons. The maximum absolute atomic E-state index is 11.8. The minimum atomic E-state index is -0.0364. The van der Waals surface area contributed by atoms with Gasteiger partial charge < -0.3 is 5.32 Å². The van der Waals surface area contributed by atoms with Crippen molar-refractivity contribution in [3.05, 3.63) is 16.4 Å². The molecule has 1 unspecified atom stereocenters. The second-order valence-corrected chi connectivity index (χ2v) is 5.08. The van der Waals surface area contributed by atoms with E-state index in [-0.39, 0.29) is 11.9 Å². The third kappa shape index (κ3) is 2.37. The maximum Gasteiger partial charge on any atom is 0.237 e. The van der Waals surface area contributed by atoms with E-state index in [1.165, 1.54) is 0 Å². The predicted octanol–water partition coefficient (Wildman–Crippen LogP) is 1.09. The number of aryl methyl sites for hydroxylation is 2. The Morgan fingerprint density at radius 3 is 2.89 bits per heavy atom. The number of carbonyl (C=O) groups excluding carboxylic acids is 1. The van der Waals surface area contributed by atoms with Gasteiger partial charge in [-0.3, -0.25) is 14.4 Å². The first-order valence-electron chi connectivity index (χ1n) is 6.18. The number of rotatable bonds is 3. The summed E-state index contributed by atoms with van der Waals surface area (Å²) in [4.78, 5) is 14.0. The van der Waals surface area contributed by atoms with Gasteiger partial charge in [-0.15, -0.1) is 0 Å². The van der Waals surface area contributed by atoms with E-state index < -0.39 is 0 Å². The molecular formula is C12H19ClN4O. The Kier molecular flexibility index (Phi) is 3.92. The number of nitrogens with zero attached hydrogens (tertiary/aromatic N) is 3. The van der Waals surface area contributed by atoms with E-state index in [1.807, 2.05) is 14.0 Å².